The third kappa shape index (κ3) is 3.19. The van der Waals surface area contributed by atoms with E-state index in [2.05, 4.69) is 15.5 Å². The highest BCUT2D eigenvalue weighted by molar-refractivity contribution is 6.17. The number of fused-ring (bicyclic) bond motifs is 1. The molecule has 3 aromatic rings. The molecule has 0 fully saturated rings. The van der Waals surface area contributed by atoms with Gasteiger partial charge >= 0.3 is 0 Å². The molecule has 0 bridgehead atoms. The predicted octanol–water partition coefficient (Wildman–Crippen LogP) is 1.09. The van der Waals surface area contributed by atoms with Crippen molar-refractivity contribution < 1.29 is 19.4 Å². The highest BCUT2D eigenvalue weighted by atomic mass is 16.5. The Balaban J connectivity index is 1.57. The van der Waals surface area contributed by atoms with Crippen molar-refractivity contribution in [3.8, 4) is 11.4 Å². The summed E-state index contributed by atoms with van der Waals surface area (Å²) in [5, 5.41) is 20.8. The Morgan fingerprint density at radius 3 is 2.54 bits per heavy atom. The van der Waals surface area contributed by atoms with Crippen LogP contribution in [-0.4, -0.2) is 57.1 Å². The molecule has 0 atom stereocenters. The molecule has 1 aromatic heterocycles. The quantitative estimate of drug-likeness (QED) is 0.617. The Hall–Kier alpha value is -3.72. The van der Waals surface area contributed by atoms with Crippen LogP contribution in [0.5, 0.6) is 5.75 Å². The summed E-state index contributed by atoms with van der Waals surface area (Å²) in [7, 11) is 1.60. The molecule has 2 amide bonds. The number of aliphatic hydroxyl groups is 1. The molecular weight excluding hydrogens is 362 g/mol. The van der Waals surface area contributed by atoms with E-state index in [-0.39, 0.29) is 18.8 Å². The van der Waals surface area contributed by atoms with Gasteiger partial charge in [-0.25, -0.2) is 0 Å². The van der Waals surface area contributed by atoms with Gasteiger partial charge in [-0.2, -0.15) is 4.80 Å². The van der Waals surface area contributed by atoms with Gasteiger partial charge < -0.3 is 15.2 Å². The van der Waals surface area contributed by atoms with E-state index in [1.165, 1.54) is 10.9 Å². The Kier molecular flexibility index (Phi) is 4.50. The molecule has 0 saturated heterocycles. The topological polar surface area (TPSA) is 110 Å². The normalized spacial score (nSPS) is 13.9. The van der Waals surface area contributed by atoms with Crippen molar-refractivity contribution in [2.75, 3.05) is 25.6 Å². The Bertz CT molecular complexity index is 1090. The molecule has 0 unspecified atom stereocenters. The summed E-state index contributed by atoms with van der Waals surface area (Å²) in [4.78, 5) is 26.6. The van der Waals surface area contributed by atoms with Crippen LogP contribution in [0.4, 0.5) is 5.69 Å². The van der Waals surface area contributed by atoms with Gasteiger partial charge in [0.25, 0.3) is 11.8 Å². The van der Waals surface area contributed by atoms with Gasteiger partial charge in [0.1, 0.15) is 22.5 Å². The fourth-order valence-electron chi connectivity index (χ4n) is 2.89. The molecule has 1 aliphatic heterocycles. The zero-order valence-corrected chi connectivity index (χ0v) is 15.0. The smallest absolute Gasteiger partial charge is 0.277 e. The first-order valence-electron chi connectivity index (χ1n) is 8.56. The summed E-state index contributed by atoms with van der Waals surface area (Å²) in [5.41, 5.74) is 2.86. The number of rotatable bonds is 6. The highest BCUT2D eigenvalue weighted by Gasteiger charge is 2.30. The highest BCUT2D eigenvalue weighted by Crippen LogP contribution is 2.22. The van der Waals surface area contributed by atoms with Gasteiger partial charge in [-0.1, -0.05) is 0 Å². The van der Waals surface area contributed by atoms with Crippen LogP contribution in [0.3, 0.4) is 0 Å². The maximum absolute atomic E-state index is 12.2. The van der Waals surface area contributed by atoms with Crippen LogP contribution in [0.2, 0.25) is 0 Å². The summed E-state index contributed by atoms with van der Waals surface area (Å²) in [5.74, 6) is -0.180. The zero-order chi connectivity index (χ0) is 19.7. The van der Waals surface area contributed by atoms with Gasteiger partial charge in [0.05, 0.1) is 25.9 Å². The van der Waals surface area contributed by atoms with Gasteiger partial charge in [-0.05, 0) is 42.5 Å². The second-order valence-corrected chi connectivity index (χ2v) is 6.09. The van der Waals surface area contributed by atoms with Crippen molar-refractivity contribution >= 4 is 28.5 Å². The maximum Gasteiger partial charge on any atom is 0.277 e. The lowest BCUT2D eigenvalue weighted by Gasteiger charge is -2.13. The number of β-amino-alcohol motifs (C(OH)–C–C–N with tert-alkyl or cyclic N) is 1. The maximum atomic E-state index is 12.2. The van der Waals surface area contributed by atoms with Crippen LogP contribution in [0, 0.1) is 0 Å². The number of carbonyl (C=O) groups is 2. The van der Waals surface area contributed by atoms with Crippen LogP contribution < -0.4 is 10.1 Å². The molecule has 0 radical (unpaired) electrons. The van der Waals surface area contributed by atoms with Gasteiger partial charge in [0.15, 0.2) is 0 Å². The minimum Gasteiger partial charge on any atom is -0.497 e. The number of nitrogens with one attached hydrogen (secondary N) is 1. The average Bonchev–Trinajstić information content (AvgIpc) is 3.24. The van der Waals surface area contributed by atoms with E-state index in [1.807, 2.05) is 24.3 Å². The number of ether oxygens (including phenoxy) is 1. The standard InChI is InChI=1S/C19H17N5O4/c1-28-14-5-3-13(4-6-14)24-21-15-7-2-12(10-16(15)22-24)20-17-11-18(26)23(8-9-25)19(17)27/h2-7,10-11,20,25H,8-9H2,1H3. The van der Waals surface area contributed by atoms with Crippen molar-refractivity contribution in [1.29, 1.82) is 0 Å². The number of nitrogens with zero attached hydrogens (tertiary/aromatic N) is 4. The second-order valence-electron chi connectivity index (χ2n) is 6.09. The number of methoxy groups -OCH3 is 1. The molecule has 9 heteroatoms. The fraction of sp³-hybridized carbons (Fsp3) is 0.158. The lowest BCUT2D eigenvalue weighted by molar-refractivity contribution is -0.137. The number of imide groups is 1. The molecule has 9 nitrogen and oxygen atoms in total. The van der Waals surface area contributed by atoms with Gasteiger partial charge in [0.2, 0.25) is 0 Å². The Morgan fingerprint density at radius 1 is 1.07 bits per heavy atom. The van der Waals surface area contributed by atoms with E-state index in [9.17, 15) is 9.59 Å². The Labute approximate surface area is 159 Å². The van der Waals surface area contributed by atoms with E-state index >= 15 is 0 Å². The van der Waals surface area contributed by atoms with Crippen molar-refractivity contribution in [3.63, 3.8) is 0 Å². The number of hydrogen-bond donors (Lipinski definition) is 2. The number of benzene rings is 2. The molecule has 0 spiro atoms. The van der Waals surface area contributed by atoms with Gasteiger partial charge in [-0.3, -0.25) is 14.5 Å². The molecule has 2 aromatic carbocycles. The summed E-state index contributed by atoms with van der Waals surface area (Å²) in [6.07, 6.45) is 1.22. The lowest BCUT2D eigenvalue weighted by Crippen LogP contribution is -2.34. The van der Waals surface area contributed by atoms with Crippen LogP contribution >= 0.6 is 0 Å². The fourth-order valence-corrected chi connectivity index (χ4v) is 2.89. The van der Waals surface area contributed by atoms with Crippen molar-refractivity contribution in [2.24, 2.45) is 0 Å². The third-order valence-corrected chi connectivity index (χ3v) is 4.30. The third-order valence-electron chi connectivity index (χ3n) is 4.30. The lowest BCUT2D eigenvalue weighted by atomic mass is 10.2. The van der Waals surface area contributed by atoms with Crippen LogP contribution in [0.1, 0.15) is 0 Å². The van der Waals surface area contributed by atoms with Gasteiger partial charge in [-0.15, -0.1) is 10.2 Å². The van der Waals surface area contributed by atoms with E-state index < -0.39 is 11.8 Å². The molecule has 2 heterocycles. The SMILES string of the molecule is COc1ccc(-n2nc3ccc(NC4=CC(=O)N(CCO)C4=O)cc3n2)cc1. The van der Waals surface area contributed by atoms with Crippen molar-refractivity contribution in [1.82, 2.24) is 19.9 Å². The Morgan fingerprint density at radius 2 is 1.82 bits per heavy atom. The van der Waals surface area contributed by atoms with Crippen LogP contribution in [-0.2, 0) is 9.59 Å². The number of aliphatic hydroxyl groups excluding tert-OH is 1. The second kappa shape index (κ2) is 7.12. The van der Waals surface area contributed by atoms with E-state index in [0.29, 0.717) is 16.7 Å². The first kappa shape index (κ1) is 17.7. The molecule has 2 N–H and O–H groups in total. The minimum absolute atomic E-state index is 0.0332. The summed E-state index contributed by atoms with van der Waals surface area (Å²) >= 11 is 0. The molecular formula is C19H17N5O4. The molecule has 28 heavy (non-hydrogen) atoms. The summed E-state index contributed by atoms with van der Waals surface area (Å²) in [6.45, 7) is -0.312. The van der Waals surface area contributed by atoms with E-state index in [1.54, 1.807) is 25.3 Å². The number of hydrogen-bond acceptors (Lipinski definition) is 7. The zero-order valence-electron chi connectivity index (χ0n) is 15.0. The predicted molar refractivity (Wildman–Crippen MR) is 101 cm³/mol. The van der Waals surface area contributed by atoms with E-state index in [4.69, 9.17) is 9.84 Å². The largest absolute Gasteiger partial charge is 0.497 e. The molecule has 142 valence electrons. The van der Waals surface area contributed by atoms with E-state index in [0.717, 1.165) is 16.3 Å². The first-order valence-corrected chi connectivity index (χ1v) is 8.56. The minimum atomic E-state index is -0.471. The van der Waals surface area contributed by atoms with Gasteiger partial charge in [0, 0.05) is 11.8 Å². The summed E-state index contributed by atoms with van der Waals surface area (Å²) < 4.78 is 5.15. The number of anilines is 1. The number of aromatic nitrogens is 3. The average molecular weight is 379 g/mol. The number of carbonyl (C=O) groups excluding carboxylic acids is 2. The number of amides is 2. The molecule has 4 rings (SSSR count). The van der Waals surface area contributed by atoms with Crippen molar-refractivity contribution in [2.45, 2.75) is 0 Å². The summed E-state index contributed by atoms with van der Waals surface area (Å²) in [6, 6.07) is 12.6. The first-order chi connectivity index (χ1) is 13.6. The molecule has 0 aliphatic carbocycles. The van der Waals surface area contributed by atoms with Crippen LogP contribution in [0.15, 0.2) is 54.2 Å². The van der Waals surface area contributed by atoms with Crippen molar-refractivity contribution in [3.05, 3.63) is 54.2 Å². The van der Waals surface area contributed by atoms with Crippen LogP contribution in [0.25, 0.3) is 16.7 Å². The molecule has 1 aliphatic rings. The molecule has 0 saturated carbocycles. The monoisotopic (exact) mass is 379 g/mol.